The Hall–Kier alpha value is -1.67. The molecule has 1 atom stereocenters. The first-order valence-corrected chi connectivity index (χ1v) is 6.49. The van der Waals surface area contributed by atoms with E-state index in [4.69, 9.17) is 21.8 Å². The first-order chi connectivity index (χ1) is 9.75. The molecule has 0 saturated heterocycles. The monoisotopic (exact) mass is 316 g/mol. The van der Waals surface area contributed by atoms with E-state index in [1.165, 1.54) is 25.1 Å². The molecule has 116 valence electrons. The van der Waals surface area contributed by atoms with Crippen LogP contribution in [0.15, 0.2) is 18.2 Å². The fraction of sp³-hybridized carbons (Fsp3) is 0.385. The number of anilines is 1. The Morgan fingerprint density at radius 3 is 2.62 bits per heavy atom. The van der Waals surface area contributed by atoms with Crippen LogP contribution in [0.1, 0.15) is 17.3 Å². The molecule has 0 aromatic heterocycles. The van der Waals surface area contributed by atoms with Gasteiger partial charge >= 0.3 is 5.97 Å². The Balaban J connectivity index is 2.59. The third-order valence-electron chi connectivity index (χ3n) is 2.62. The predicted octanol–water partition coefficient (Wildman–Crippen LogP) is 0.310. The van der Waals surface area contributed by atoms with Crippen LogP contribution in [0.4, 0.5) is 5.69 Å². The first kappa shape index (κ1) is 17.4. The van der Waals surface area contributed by atoms with Crippen molar-refractivity contribution in [1.82, 2.24) is 5.32 Å². The van der Waals surface area contributed by atoms with Gasteiger partial charge < -0.3 is 26.0 Å². The maximum absolute atomic E-state index is 11.7. The van der Waals surface area contributed by atoms with Crippen molar-refractivity contribution < 1.29 is 24.9 Å². The van der Waals surface area contributed by atoms with Gasteiger partial charge in [-0.3, -0.25) is 4.79 Å². The Bertz CT molecular complexity index is 533. The lowest BCUT2D eigenvalue weighted by atomic mass is 10.1. The zero-order valence-corrected chi connectivity index (χ0v) is 12.1. The summed E-state index contributed by atoms with van der Waals surface area (Å²) in [4.78, 5) is 22.5. The molecule has 1 aromatic rings. The second-order valence-electron chi connectivity index (χ2n) is 4.81. The highest BCUT2D eigenvalue weighted by atomic mass is 35.5. The topological polar surface area (TPSA) is 119 Å². The standard InChI is InChI=1S/C13H17ClN2O5/c1-13(21,7-17)6-15-5-11(18)16-10-4-8(12(19)20)2-3-9(10)14/h2-4,15,17,21H,5-7H2,1H3,(H,16,18)(H,19,20). The van der Waals surface area contributed by atoms with Gasteiger partial charge in [-0.15, -0.1) is 0 Å². The normalized spacial score (nSPS) is 13.5. The lowest BCUT2D eigenvalue weighted by molar-refractivity contribution is -0.115. The number of aliphatic hydroxyl groups excluding tert-OH is 1. The maximum Gasteiger partial charge on any atom is 0.335 e. The number of aliphatic hydroxyl groups is 2. The summed E-state index contributed by atoms with van der Waals surface area (Å²) < 4.78 is 0. The molecule has 0 spiro atoms. The number of carboxylic acid groups (broad SMARTS) is 1. The third kappa shape index (κ3) is 5.68. The van der Waals surface area contributed by atoms with Crippen molar-refractivity contribution in [2.75, 3.05) is 25.0 Å². The van der Waals surface area contributed by atoms with Crippen LogP contribution in [-0.2, 0) is 4.79 Å². The molecular weight excluding hydrogens is 300 g/mol. The minimum absolute atomic E-state index is 0.00544. The molecule has 0 saturated carbocycles. The minimum atomic E-state index is -1.32. The summed E-state index contributed by atoms with van der Waals surface area (Å²) in [7, 11) is 0. The van der Waals surface area contributed by atoms with E-state index in [9.17, 15) is 14.7 Å². The van der Waals surface area contributed by atoms with Crippen LogP contribution in [0.3, 0.4) is 0 Å². The molecule has 5 N–H and O–H groups in total. The van der Waals surface area contributed by atoms with E-state index < -0.39 is 24.1 Å². The van der Waals surface area contributed by atoms with Crippen molar-refractivity contribution in [1.29, 1.82) is 0 Å². The number of hydrogen-bond donors (Lipinski definition) is 5. The molecule has 1 unspecified atom stereocenters. The fourth-order valence-corrected chi connectivity index (χ4v) is 1.61. The highest BCUT2D eigenvalue weighted by molar-refractivity contribution is 6.33. The summed E-state index contributed by atoms with van der Waals surface area (Å²) in [6.07, 6.45) is 0. The molecule has 21 heavy (non-hydrogen) atoms. The summed E-state index contributed by atoms with van der Waals surface area (Å²) in [6, 6.07) is 3.97. The van der Waals surface area contributed by atoms with Gasteiger partial charge in [-0.25, -0.2) is 4.79 Å². The highest BCUT2D eigenvalue weighted by Gasteiger charge is 2.18. The molecule has 0 heterocycles. The number of halogens is 1. The second-order valence-corrected chi connectivity index (χ2v) is 5.21. The number of amides is 1. The zero-order chi connectivity index (χ0) is 16.0. The summed E-state index contributed by atoms with van der Waals surface area (Å²) in [6.45, 7) is 0.892. The van der Waals surface area contributed by atoms with Gasteiger partial charge in [0.05, 0.1) is 35.0 Å². The molecule has 0 aliphatic heterocycles. The number of aromatic carboxylic acids is 1. The van der Waals surface area contributed by atoms with Crippen molar-refractivity contribution in [3.05, 3.63) is 28.8 Å². The summed E-state index contributed by atoms with van der Waals surface area (Å²) in [5.74, 6) is -1.58. The van der Waals surface area contributed by atoms with E-state index in [2.05, 4.69) is 10.6 Å². The second kappa shape index (κ2) is 7.37. The molecule has 1 aromatic carbocycles. The Labute approximate surface area is 126 Å². The van der Waals surface area contributed by atoms with E-state index in [-0.39, 0.29) is 29.4 Å². The van der Waals surface area contributed by atoms with Crippen molar-refractivity contribution in [3.8, 4) is 0 Å². The molecule has 0 radical (unpaired) electrons. The van der Waals surface area contributed by atoms with Crippen LogP contribution in [0.2, 0.25) is 5.02 Å². The number of carbonyl (C=O) groups is 2. The van der Waals surface area contributed by atoms with E-state index in [0.717, 1.165) is 0 Å². The summed E-state index contributed by atoms with van der Waals surface area (Å²) in [5.41, 5.74) is -1.12. The minimum Gasteiger partial charge on any atom is -0.478 e. The Morgan fingerprint density at radius 2 is 2.05 bits per heavy atom. The average molecular weight is 317 g/mol. The first-order valence-electron chi connectivity index (χ1n) is 6.12. The number of carbonyl (C=O) groups excluding carboxylic acids is 1. The van der Waals surface area contributed by atoms with E-state index in [1.54, 1.807) is 0 Å². The summed E-state index contributed by atoms with van der Waals surface area (Å²) in [5, 5.41) is 32.6. The van der Waals surface area contributed by atoms with Crippen molar-refractivity contribution in [2.45, 2.75) is 12.5 Å². The van der Waals surface area contributed by atoms with Gasteiger partial charge in [0, 0.05) is 6.54 Å². The van der Waals surface area contributed by atoms with Gasteiger partial charge in [-0.05, 0) is 25.1 Å². The zero-order valence-electron chi connectivity index (χ0n) is 11.4. The largest absolute Gasteiger partial charge is 0.478 e. The fourth-order valence-electron chi connectivity index (χ4n) is 1.45. The van der Waals surface area contributed by atoms with E-state index in [1.807, 2.05) is 0 Å². The third-order valence-corrected chi connectivity index (χ3v) is 2.95. The van der Waals surface area contributed by atoms with Crippen molar-refractivity contribution in [3.63, 3.8) is 0 Å². The highest BCUT2D eigenvalue weighted by Crippen LogP contribution is 2.22. The molecule has 7 nitrogen and oxygen atoms in total. The maximum atomic E-state index is 11.7. The van der Waals surface area contributed by atoms with Gasteiger partial charge in [-0.1, -0.05) is 11.6 Å². The molecule has 0 aliphatic carbocycles. The lowest BCUT2D eigenvalue weighted by Gasteiger charge is -2.20. The number of hydrogen-bond acceptors (Lipinski definition) is 5. The van der Waals surface area contributed by atoms with E-state index >= 15 is 0 Å². The van der Waals surface area contributed by atoms with Crippen LogP contribution < -0.4 is 10.6 Å². The van der Waals surface area contributed by atoms with Gasteiger partial charge in [0.15, 0.2) is 0 Å². The molecule has 0 bridgehead atoms. The van der Waals surface area contributed by atoms with Crippen LogP contribution in [0.25, 0.3) is 0 Å². The Kier molecular flexibility index (Phi) is 6.10. The molecule has 0 aliphatic rings. The van der Waals surface area contributed by atoms with E-state index in [0.29, 0.717) is 0 Å². The number of nitrogens with one attached hydrogen (secondary N) is 2. The number of rotatable bonds is 7. The lowest BCUT2D eigenvalue weighted by Crippen LogP contribution is -2.43. The van der Waals surface area contributed by atoms with Crippen molar-refractivity contribution in [2.24, 2.45) is 0 Å². The predicted molar refractivity (Wildman–Crippen MR) is 77.6 cm³/mol. The molecule has 0 fully saturated rings. The quantitative estimate of drug-likeness (QED) is 0.494. The smallest absolute Gasteiger partial charge is 0.335 e. The van der Waals surface area contributed by atoms with Crippen LogP contribution >= 0.6 is 11.6 Å². The van der Waals surface area contributed by atoms with Crippen LogP contribution in [0.5, 0.6) is 0 Å². The molecule has 1 rings (SSSR count). The SMILES string of the molecule is CC(O)(CO)CNCC(=O)Nc1cc(C(=O)O)ccc1Cl. The van der Waals surface area contributed by atoms with Crippen molar-refractivity contribution >= 4 is 29.2 Å². The average Bonchev–Trinajstić information content (AvgIpc) is 2.40. The van der Waals surface area contributed by atoms with Gasteiger partial charge in [0.2, 0.25) is 5.91 Å². The van der Waals surface area contributed by atoms with Crippen LogP contribution in [0, 0.1) is 0 Å². The van der Waals surface area contributed by atoms with Crippen LogP contribution in [-0.4, -0.2) is 52.5 Å². The molecule has 1 amide bonds. The molecule has 8 heteroatoms. The Morgan fingerprint density at radius 1 is 1.38 bits per heavy atom. The van der Waals surface area contributed by atoms with Gasteiger partial charge in [-0.2, -0.15) is 0 Å². The molecular formula is C13H17ClN2O5. The number of carboxylic acids is 1. The van der Waals surface area contributed by atoms with Gasteiger partial charge in [0.1, 0.15) is 0 Å². The van der Waals surface area contributed by atoms with Gasteiger partial charge in [0.25, 0.3) is 0 Å². The summed E-state index contributed by atoms with van der Waals surface area (Å²) >= 11 is 5.87. The number of benzene rings is 1.